The SMILES string of the molecule is Cc1ccccc1C(=O)c1ccc(NC2(C)Nc3ccccc3N2)cc1Cl. The second-order valence-electron chi connectivity index (χ2n) is 6.88. The van der Waals surface area contributed by atoms with Gasteiger partial charge in [0.05, 0.1) is 16.4 Å². The van der Waals surface area contributed by atoms with Gasteiger partial charge in [-0.1, -0.05) is 48.0 Å². The van der Waals surface area contributed by atoms with Crippen molar-refractivity contribution in [2.75, 3.05) is 16.0 Å². The number of fused-ring (bicyclic) bond motifs is 1. The first kappa shape index (κ1) is 17.4. The van der Waals surface area contributed by atoms with Gasteiger partial charge < -0.3 is 16.0 Å². The van der Waals surface area contributed by atoms with Crippen LogP contribution in [0.3, 0.4) is 0 Å². The average Bonchev–Trinajstić information content (AvgIpc) is 2.97. The Kier molecular flexibility index (Phi) is 4.28. The molecule has 0 unspecified atom stereocenters. The first-order valence-corrected chi connectivity index (χ1v) is 9.16. The number of benzene rings is 3. The van der Waals surface area contributed by atoms with E-state index in [9.17, 15) is 4.79 Å². The zero-order chi connectivity index (χ0) is 19.0. The number of halogens is 1. The molecule has 4 rings (SSSR count). The Labute approximate surface area is 163 Å². The van der Waals surface area contributed by atoms with Crippen LogP contribution in [0.25, 0.3) is 0 Å². The summed E-state index contributed by atoms with van der Waals surface area (Å²) in [5, 5.41) is 10.7. The Bertz CT molecular complexity index is 1010. The van der Waals surface area contributed by atoms with Crippen LogP contribution in [0.4, 0.5) is 17.1 Å². The van der Waals surface area contributed by atoms with Gasteiger partial charge in [0.25, 0.3) is 0 Å². The summed E-state index contributed by atoms with van der Waals surface area (Å²) in [6.45, 7) is 3.93. The molecule has 1 aliphatic heterocycles. The van der Waals surface area contributed by atoms with Crippen LogP contribution in [0, 0.1) is 6.92 Å². The zero-order valence-corrected chi connectivity index (χ0v) is 15.9. The minimum absolute atomic E-state index is 0.0691. The summed E-state index contributed by atoms with van der Waals surface area (Å²) in [7, 11) is 0. The molecule has 1 aliphatic rings. The number of hydrogen-bond donors (Lipinski definition) is 3. The molecule has 3 aromatic rings. The van der Waals surface area contributed by atoms with Crippen LogP contribution in [0.1, 0.15) is 28.4 Å². The summed E-state index contributed by atoms with van der Waals surface area (Å²) in [6, 6.07) is 21.0. The van der Waals surface area contributed by atoms with Gasteiger partial charge in [0.15, 0.2) is 11.6 Å². The van der Waals surface area contributed by atoms with E-state index in [0.717, 1.165) is 22.6 Å². The number of carbonyl (C=O) groups is 1. The number of nitrogens with one attached hydrogen (secondary N) is 3. The zero-order valence-electron chi connectivity index (χ0n) is 15.1. The smallest absolute Gasteiger partial charge is 0.194 e. The van der Waals surface area contributed by atoms with Gasteiger partial charge in [-0.2, -0.15) is 0 Å². The lowest BCUT2D eigenvalue weighted by molar-refractivity contribution is 0.103. The summed E-state index contributed by atoms with van der Waals surface area (Å²) in [5.41, 5.74) is 4.98. The van der Waals surface area contributed by atoms with Crippen LogP contribution in [0.5, 0.6) is 0 Å². The van der Waals surface area contributed by atoms with Gasteiger partial charge in [0.2, 0.25) is 0 Å². The summed E-state index contributed by atoms with van der Waals surface area (Å²) in [6.07, 6.45) is 0. The molecule has 3 N–H and O–H groups in total. The van der Waals surface area contributed by atoms with Crippen molar-refractivity contribution < 1.29 is 4.79 Å². The van der Waals surface area contributed by atoms with Gasteiger partial charge in [0.1, 0.15) is 0 Å². The Hall–Kier alpha value is -2.98. The maximum atomic E-state index is 12.8. The van der Waals surface area contributed by atoms with Crippen molar-refractivity contribution in [1.29, 1.82) is 0 Å². The maximum Gasteiger partial charge on any atom is 0.194 e. The van der Waals surface area contributed by atoms with E-state index >= 15 is 0 Å². The molecule has 1 heterocycles. The van der Waals surface area contributed by atoms with E-state index in [1.165, 1.54) is 0 Å². The Morgan fingerprint density at radius 2 is 1.56 bits per heavy atom. The minimum atomic E-state index is -0.547. The molecule has 0 saturated carbocycles. The quantitative estimate of drug-likeness (QED) is 0.525. The molecule has 0 fully saturated rings. The first-order valence-electron chi connectivity index (χ1n) is 8.79. The minimum Gasteiger partial charge on any atom is -0.346 e. The highest BCUT2D eigenvalue weighted by Crippen LogP contribution is 2.34. The molecule has 0 radical (unpaired) electrons. The molecule has 0 saturated heterocycles. The van der Waals surface area contributed by atoms with Crippen molar-refractivity contribution in [3.63, 3.8) is 0 Å². The number of para-hydroxylation sites is 2. The summed E-state index contributed by atoms with van der Waals surface area (Å²) in [4.78, 5) is 12.8. The third-order valence-corrected chi connectivity index (χ3v) is 5.01. The number of hydrogen-bond acceptors (Lipinski definition) is 4. The van der Waals surface area contributed by atoms with E-state index < -0.39 is 5.79 Å². The van der Waals surface area contributed by atoms with Crippen LogP contribution in [0.15, 0.2) is 66.7 Å². The Balaban J connectivity index is 1.56. The maximum absolute atomic E-state index is 12.8. The molecular weight excluding hydrogens is 358 g/mol. The number of ketones is 1. The monoisotopic (exact) mass is 377 g/mol. The molecule has 0 atom stereocenters. The summed E-state index contributed by atoms with van der Waals surface area (Å²) < 4.78 is 0. The molecular formula is C22H20ClN3O. The molecule has 0 spiro atoms. The normalized spacial score (nSPS) is 14.0. The van der Waals surface area contributed by atoms with Gasteiger partial charge in [-0.15, -0.1) is 0 Å². The second-order valence-corrected chi connectivity index (χ2v) is 7.29. The van der Waals surface area contributed by atoms with Crippen molar-refractivity contribution >= 4 is 34.4 Å². The van der Waals surface area contributed by atoms with E-state index in [4.69, 9.17) is 11.6 Å². The molecule has 27 heavy (non-hydrogen) atoms. The lowest BCUT2D eigenvalue weighted by Crippen LogP contribution is -2.46. The highest BCUT2D eigenvalue weighted by molar-refractivity contribution is 6.35. The van der Waals surface area contributed by atoms with Crippen molar-refractivity contribution in [1.82, 2.24) is 0 Å². The predicted molar refractivity (Wildman–Crippen MR) is 112 cm³/mol. The van der Waals surface area contributed by atoms with Crippen LogP contribution >= 0.6 is 11.6 Å². The van der Waals surface area contributed by atoms with E-state index in [0.29, 0.717) is 16.1 Å². The van der Waals surface area contributed by atoms with Gasteiger partial charge in [-0.25, -0.2) is 0 Å². The topological polar surface area (TPSA) is 53.2 Å². The van der Waals surface area contributed by atoms with E-state index in [-0.39, 0.29) is 5.78 Å². The van der Waals surface area contributed by atoms with Crippen molar-refractivity contribution in [2.24, 2.45) is 0 Å². The molecule has 0 aromatic heterocycles. The molecule has 0 aliphatic carbocycles. The average molecular weight is 378 g/mol. The largest absolute Gasteiger partial charge is 0.346 e. The van der Waals surface area contributed by atoms with Gasteiger partial charge in [-0.3, -0.25) is 4.79 Å². The third kappa shape index (κ3) is 3.36. The Morgan fingerprint density at radius 1 is 0.926 bits per heavy atom. The van der Waals surface area contributed by atoms with Gasteiger partial charge >= 0.3 is 0 Å². The molecule has 3 aromatic carbocycles. The number of anilines is 3. The van der Waals surface area contributed by atoms with Gasteiger partial charge in [0, 0.05) is 16.8 Å². The molecule has 4 nitrogen and oxygen atoms in total. The molecule has 0 bridgehead atoms. The standard InChI is InChI=1S/C22H20ClN3O/c1-14-7-3-4-8-16(14)21(27)17-12-11-15(13-18(17)23)24-22(2)25-19-9-5-6-10-20(19)26-22/h3-13,24-26H,1-2H3. The molecule has 0 amide bonds. The highest BCUT2D eigenvalue weighted by Gasteiger charge is 2.31. The van der Waals surface area contributed by atoms with E-state index in [1.807, 2.05) is 68.4 Å². The van der Waals surface area contributed by atoms with Crippen LogP contribution in [0.2, 0.25) is 5.02 Å². The fourth-order valence-electron chi connectivity index (χ4n) is 3.37. The third-order valence-electron chi connectivity index (χ3n) is 4.69. The molecule has 5 heteroatoms. The molecule has 136 valence electrons. The lowest BCUT2D eigenvalue weighted by atomic mass is 9.99. The van der Waals surface area contributed by atoms with Crippen LogP contribution in [-0.2, 0) is 0 Å². The fraction of sp³-hybridized carbons (Fsp3) is 0.136. The first-order chi connectivity index (χ1) is 13.0. The number of carbonyl (C=O) groups excluding carboxylic acids is 1. The Morgan fingerprint density at radius 3 is 2.19 bits per heavy atom. The van der Waals surface area contributed by atoms with Gasteiger partial charge in [-0.05, 0) is 49.7 Å². The van der Waals surface area contributed by atoms with Crippen molar-refractivity contribution in [2.45, 2.75) is 19.6 Å². The summed E-state index contributed by atoms with van der Waals surface area (Å²) >= 11 is 6.44. The van der Waals surface area contributed by atoms with E-state index in [1.54, 1.807) is 12.1 Å². The van der Waals surface area contributed by atoms with Crippen LogP contribution < -0.4 is 16.0 Å². The van der Waals surface area contributed by atoms with E-state index in [2.05, 4.69) is 16.0 Å². The lowest BCUT2D eigenvalue weighted by Gasteiger charge is -2.28. The number of rotatable bonds is 4. The van der Waals surface area contributed by atoms with Crippen molar-refractivity contribution in [3.05, 3.63) is 88.4 Å². The summed E-state index contributed by atoms with van der Waals surface area (Å²) in [5.74, 6) is -0.616. The fourth-order valence-corrected chi connectivity index (χ4v) is 3.64. The number of aryl methyl sites for hydroxylation is 1. The predicted octanol–water partition coefficient (Wildman–Crippen LogP) is 5.50. The van der Waals surface area contributed by atoms with Crippen LogP contribution in [-0.4, -0.2) is 11.6 Å². The van der Waals surface area contributed by atoms with Crippen molar-refractivity contribution in [3.8, 4) is 0 Å². The second kappa shape index (κ2) is 6.63. The highest BCUT2D eigenvalue weighted by atomic mass is 35.5.